The van der Waals surface area contributed by atoms with Crippen LogP contribution >= 0.6 is 22.6 Å². The van der Waals surface area contributed by atoms with Crippen molar-refractivity contribution in [2.75, 3.05) is 0 Å². The Bertz CT molecular complexity index is 545. The Kier molecular flexibility index (Phi) is 3.73. The lowest BCUT2D eigenvalue weighted by atomic mass is 10.4. The van der Waals surface area contributed by atoms with Gasteiger partial charge >= 0.3 is 6.36 Å². The molecule has 0 saturated carbocycles. The number of halogens is 4. The molecule has 11 heteroatoms. The maximum absolute atomic E-state index is 12.0. The first-order valence-corrected chi connectivity index (χ1v) is 6.31. The molecule has 0 aliphatic carbocycles. The molecule has 0 atom stereocenters. The summed E-state index contributed by atoms with van der Waals surface area (Å²) < 4.78 is 61.2. The van der Waals surface area contributed by atoms with Crippen LogP contribution in [-0.4, -0.2) is 24.9 Å². The number of primary sulfonamides is 1. The average molecular weight is 384 g/mol. The van der Waals surface area contributed by atoms with E-state index in [0.717, 1.165) is 0 Å². The van der Waals surface area contributed by atoms with E-state index in [2.05, 4.69) is 14.9 Å². The van der Waals surface area contributed by atoms with Gasteiger partial charge in [-0.15, -0.1) is 13.2 Å². The van der Waals surface area contributed by atoms with Gasteiger partial charge in [-0.25, -0.2) is 18.5 Å². The Balaban J connectivity index is 3.48. The summed E-state index contributed by atoms with van der Waals surface area (Å²) in [6, 6.07) is 0. The first-order valence-electron chi connectivity index (χ1n) is 3.68. The van der Waals surface area contributed by atoms with Crippen LogP contribution in [0.1, 0.15) is 0 Å². The lowest BCUT2D eigenvalue weighted by Crippen LogP contribution is -2.21. The van der Waals surface area contributed by atoms with Gasteiger partial charge in [0, 0.05) is 0 Å². The fourth-order valence-corrected chi connectivity index (χ4v) is 1.84. The molecule has 96 valence electrons. The van der Waals surface area contributed by atoms with Crippen molar-refractivity contribution < 1.29 is 31.4 Å². The summed E-state index contributed by atoms with van der Waals surface area (Å²) in [5, 5.41) is 14.0. The van der Waals surface area contributed by atoms with Crippen LogP contribution in [0.15, 0.2) is 11.1 Å². The van der Waals surface area contributed by atoms with Crippen LogP contribution < -0.4 is 9.88 Å². The number of ether oxygens (including phenoxy) is 1. The van der Waals surface area contributed by atoms with Crippen molar-refractivity contribution in [3.8, 4) is 11.5 Å². The van der Waals surface area contributed by atoms with Gasteiger partial charge in [0.1, 0.15) is 8.60 Å². The van der Waals surface area contributed by atoms with Gasteiger partial charge in [0.2, 0.25) is 10.0 Å². The molecule has 0 bridgehead atoms. The molecule has 1 heterocycles. The quantitative estimate of drug-likeness (QED) is 0.584. The molecule has 3 N–H and O–H groups in total. The number of pyridine rings is 1. The number of alkyl halides is 3. The van der Waals surface area contributed by atoms with E-state index in [0.29, 0.717) is 6.20 Å². The fraction of sp³-hybridized carbons (Fsp3) is 0.167. The molecule has 6 nitrogen and oxygen atoms in total. The molecule has 0 radical (unpaired) electrons. The van der Waals surface area contributed by atoms with Crippen molar-refractivity contribution in [1.29, 1.82) is 0 Å². The zero-order chi connectivity index (χ0) is 13.4. The molecule has 0 saturated heterocycles. The molecule has 1 aromatic heterocycles. The van der Waals surface area contributed by atoms with Gasteiger partial charge in [0.05, 0.1) is 6.20 Å². The Morgan fingerprint density at radius 3 is 2.41 bits per heavy atom. The maximum Gasteiger partial charge on any atom is 0.573 e. The third kappa shape index (κ3) is 3.57. The molecule has 0 aromatic carbocycles. The van der Waals surface area contributed by atoms with E-state index in [-0.39, 0.29) is 3.70 Å². The summed E-state index contributed by atoms with van der Waals surface area (Å²) in [5.74, 6) is -2.34. The third-order valence-corrected chi connectivity index (χ3v) is 3.15. The summed E-state index contributed by atoms with van der Waals surface area (Å²) in [6.07, 6.45) is -4.60. The number of aromatic hydroxyl groups is 1. The molecule has 0 fully saturated rings. The van der Waals surface area contributed by atoms with E-state index in [1.807, 2.05) is 0 Å². The minimum absolute atomic E-state index is 0.255. The molecule has 0 amide bonds. The summed E-state index contributed by atoms with van der Waals surface area (Å²) in [6.45, 7) is 0. The summed E-state index contributed by atoms with van der Waals surface area (Å²) in [5.41, 5.74) is 0. The highest BCUT2D eigenvalue weighted by Gasteiger charge is 2.36. The van der Waals surface area contributed by atoms with Gasteiger partial charge in [-0.3, -0.25) is 0 Å². The van der Waals surface area contributed by atoms with Gasteiger partial charge in [0.25, 0.3) is 0 Å². The number of hydrogen-bond acceptors (Lipinski definition) is 5. The smallest absolute Gasteiger partial charge is 0.502 e. The third-order valence-electron chi connectivity index (χ3n) is 1.45. The molecule has 1 rings (SSSR count). The predicted octanol–water partition coefficient (Wildman–Crippen LogP) is 0.938. The van der Waals surface area contributed by atoms with Crippen molar-refractivity contribution in [3.05, 3.63) is 9.90 Å². The van der Waals surface area contributed by atoms with E-state index >= 15 is 0 Å². The van der Waals surface area contributed by atoms with Crippen LogP contribution in [-0.2, 0) is 10.0 Å². The number of rotatable bonds is 2. The van der Waals surface area contributed by atoms with Crippen molar-refractivity contribution in [3.63, 3.8) is 0 Å². The molecule has 0 spiro atoms. The number of nitrogens with two attached hydrogens (primary N) is 1. The van der Waals surface area contributed by atoms with Crippen LogP contribution in [0.5, 0.6) is 11.5 Å². The number of aromatic nitrogens is 1. The molecule has 0 aliphatic heterocycles. The summed E-state index contributed by atoms with van der Waals surface area (Å²) in [7, 11) is -4.50. The highest BCUT2D eigenvalue weighted by Crippen LogP contribution is 2.38. The minimum atomic E-state index is -5.17. The lowest BCUT2D eigenvalue weighted by Gasteiger charge is -2.13. The monoisotopic (exact) mass is 384 g/mol. The van der Waals surface area contributed by atoms with Crippen molar-refractivity contribution in [2.24, 2.45) is 5.14 Å². The largest absolute Gasteiger partial charge is 0.573 e. The minimum Gasteiger partial charge on any atom is -0.502 e. The predicted molar refractivity (Wildman–Crippen MR) is 56.7 cm³/mol. The Morgan fingerprint density at radius 2 is 2.00 bits per heavy atom. The summed E-state index contributed by atoms with van der Waals surface area (Å²) >= 11 is 1.40. The highest BCUT2D eigenvalue weighted by molar-refractivity contribution is 14.1. The maximum atomic E-state index is 12.0. The summed E-state index contributed by atoms with van der Waals surface area (Å²) in [4.78, 5) is 2.32. The van der Waals surface area contributed by atoms with Crippen molar-refractivity contribution >= 4 is 32.6 Å². The molecule has 0 unspecified atom stereocenters. The van der Waals surface area contributed by atoms with Gasteiger partial charge in [-0.05, 0) is 22.6 Å². The van der Waals surface area contributed by atoms with Gasteiger partial charge < -0.3 is 9.84 Å². The fourth-order valence-electron chi connectivity index (χ4n) is 0.862. The topological polar surface area (TPSA) is 103 Å². The van der Waals surface area contributed by atoms with Crippen LogP contribution in [0, 0.1) is 3.70 Å². The standard InChI is InChI=1S/C6H4F3IN2O4S/c7-6(8,9)16-4-2(17(11,14)15)1-12-5(10)3(4)13/h1,13H,(H2,11,14,15). The van der Waals surface area contributed by atoms with E-state index in [1.54, 1.807) is 0 Å². The van der Waals surface area contributed by atoms with E-state index in [9.17, 15) is 26.7 Å². The Hall–Kier alpha value is -0.820. The average Bonchev–Trinajstić information content (AvgIpc) is 2.08. The number of hydrogen-bond donors (Lipinski definition) is 2. The number of nitrogens with zero attached hydrogens (tertiary/aromatic N) is 1. The molecule has 1 aromatic rings. The lowest BCUT2D eigenvalue weighted by molar-refractivity contribution is -0.276. The zero-order valence-corrected chi connectivity index (χ0v) is 10.7. The second kappa shape index (κ2) is 4.45. The second-order valence-corrected chi connectivity index (χ2v) is 5.24. The first kappa shape index (κ1) is 14.2. The van der Waals surface area contributed by atoms with Crippen molar-refractivity contribution in [2.45, 2.75) is 11.3 Å². The highest BCUT2D eigenvalue weighted by atomic mass is 127. The van der Waals surface area contributed by atoms with E-state index in [4.69, 9.17) is 0 Å². The van der Waals surface area contributed by atoms with Crippen LogP contribution in [0.4, 0.5) is 13.2 Å². The second-order valence-electron chi connectivity index (χ2n) is 2.68. The molecular weight excluding hydrogens is 380 g/mol. The number of sulfonamides is 1. The Labute approximate surface area is 107 Å². The van der Waals surface area contributed by atoms with Gasteiger partial charge in [-0.1, -0.05) is 0 Å². The molecule has 17 heavy (non-hydrogen) atoms. The van der Waals surface area contributed by atoms with E-state index in [1.165, 1.54) is 22.6 Å². The SMILES string of the molecule is NS(=O)(=O)c1cnc(I)c(O)c1OC(F)(F)F. The van der Waals surface area contributed by atoms with Crippen molar-refractivity contribution in [1.82, 2.24) is 4.98 Å². The zero-order valence-electron chi connectivity index (χ0n) is 7.69. The molecule has 0 aliphatic rings. The van der Waals surface area contributed by atoms with Crippen LogP contribution in [0.25, 0.3) is 0 Å². The van der Waals surface area contributed by atoms with Crippen LogP contribution in [0.3, 0.4) is 0 Å². The van der Waals surface area contributed by atoms with Crippen LogP contribution in [0.2, 0.25) is 0 Å². The van der Waals surface area contributed by atoms with Gasteiger partial charge in [-0.2, -0.15) is 0 Å². The normalized spacial score (nSPS) is 12.5. The molecular formula is C6H4F3IN2O4S. The Morgan fingerprint density at radius 1 is 1.47 bits per heavy atom. The van der Waals surface area contributed by atoms with Gasteiger partial charge in [0.15, 0.2) is 11.5 Å². The van der Waals surface area contributed by atoms with E-state index < -0.39 is 32.8 Å². The first-order chi connectivity index (χ1) is 7.52.